The summed E-state index contributed by atoms with van der Waals surface area (Å²) in [4.78, 5) is 11.9. The van der Waals surface area contributed by atoms with Gasteiger partial charge in [-0.1, -0.05) is 0 Å². The van der Waals surface area contributed by atoms with Gasteiger partial charge in [-0.15, -0.1) is 0 Å². The van der Waals surface area contributed by atoms with Gasteiger partial charge in [0.15, 0.2) is 5.78 Å². The van der Waals surface area contributed by atoms with E-state index >= 15 is 0 Å². The number of aliphatic hydroxyl groups excluding tert-OH is 3. The van der Waals surface area contributed by atoms with E-state index in [1.807, 2.05) is 13.0 Å². The summed E-state index contributed by atoms with van der Waals surface area (Å²) in [6.07, 6.45) is -2.85. The SMILES string of the molecule is COc1cc2c(c(C(C)=O)c1)OC(C)(C[C@H]1O[C@H](CO)[C@@H](O)[C@H]1O)C2. The molecule has 0 spiro atoms. The van der Waals surface area contributed by atoms with Crippen molar-refractivity contribution in [3.05, 3.63) is 23.3 Å². The fourth-order valence-corrected chi connectivity index (χ4v) is 3.66. The molecule has 138 valence electrons. The average Bonchev–Trinajstić information content (AvgIpc) is 3.04. The summed E-state index contributed by atoms with van der Waals surface area (Å²) in [6, 6.07) is 3.49. The summed E-state index contributed by atoms with van der Waals surface area (Å²) in [7, 11) is 1.54. The lowest BCUT2D eigenvalue weighted by molar-refractivity contribution is -0.0487. The standard InChI is InChI=1S/C18H24O7/c1-9(20)12-5-11(23-3)4-10-6-18(2,25-17(10)12)7-13-15(21)16(22)14(8-19)24-13/h4-5,13-16,19,21-22H,6-8H2,1-3H3/t13-,14-,15+,16-,18?/m1/s1. The number of fused-ring (bicyclic) bond motifs is 1. The highest BCUT2D eigenvalue weighted by atomic mass is 16.6. The third-order valence-electron chi connectivity index (χ3n) is 4.94. The molecule has 2 aliphatic rings. The minimum absolute atomic E-state index is 0.118. The molecule has 0 aromatic heterocycles. The Hall–Kier alpha value is -1.67. The number of carbonyl (C=O) groups is 1. The van der Waals surface area contributed by atoms with Crippen molar-refractivity contribution in [2.75, 3.05) is 13.7 Å². The van der Waals surface area contributed by atoms with E-state index in [0.717, 1.165) is 5.56 Å². The van der Waals surface area contributed by atoms with Crippen LogP contribution in [0.5, 0.6) is 11.5 Å². The highest BCUT2D eigenvalue weighted by molar-refractivity contribution is 5.98. The van der Waals surface area contributed by atoms with Crippen molar-refractivity contribution in [2.24, 2.45) is 0 Å². The lowest BCUT2D eigenvalue weighted by Crippen LogP contribution is -2.40. The molecule has 0 saturated carbocycles. The van der Waals surface area contributed by atoms with E-state index in [0.29, 0.717) is 29.9 Å². The molecule has 0 bridgehead atoms. The molecule has 1 fully saturated rings. The molecular formula is C18H24O7. The largest absolute Gasteiger partial charge is 0.497 e. The summed E-state index contributed by atoms with van der Waals surface area (Å²) in [5.74, 6) is 1.000. The maximum absolute atomic E-state index is 11.9. The zero-order valence-electron chi connectivity index (χ0n) is 14.6. The average molecular weight is 352 g/mol. The molecule has 7 heteroatoms. The topological polar surface area (TPSA) is 105 Å². The number of ketones is 1. The van der Waals surface area contributed by atoms with Crippen molar-refractivity contribution in [2.45, 2.75) is 56.7 Å². The van der Waals surface area contributed by atoms with Gasteiger partial charge in [-0.2, -0.15) is 0 Å². The quantitative estimate of drug-likeness (QED) is 0.661. The van der Waals surface area contributed by atoms with Gasteiger partial charge in [0.05, 0.1) is 25.4 Å². The molecule has 1 aromatic rings. The molecule has 3 N–H and O–H groups in total. The third kappa shape index (κ3) is 3.25. The van der Waals surface area contributed by atoms with Gasteiger partial charge < -0.3 is 29.5 Å². The first kappa shape index (κ1) is 18.1. The Morgan fingerprint density at radius 1 is 1.32 bits per heavy atom. The molecule has 1 unspecified atom stereocenters. The van der Waals surface area contributed by atoms with Crippen LogP contribution in [0.1, 0.15) is 36.2 Å². The Balaban J connectivity index is 1.83. The molecule has 1 aromatic carbocycles. The van der Waals surface area contributed by atoms with Crippen molar-refractivity contribution in [1.29, 1.82) is 0 Å². The van der Waals surface area contributed by atoms with Crippen LogP contribution in [0, 0.1) is 0 Å². The Morgan fingerprint density at radius 3 is 2.56 bits per heavy atom. The van der Waals surface area contributed by atoms with E-state index in [1.165, 1.54) is 6.92 Å². The van der Waals surface area contributed by atoms with Gasteiger partial charge in [-0.05, 0) is 26.0 Å². The highest BCUT2D eigenvalue weighted by Gasteiger charge is 2.47. The number of hydrogen-bond donors (Lipinski definition) is 3. The first-order valence-electron chi connectivity index (χ1n) is 8.31. The summed E-state index contributed by atoms with van der Waals surface area (Å²) < 4.78 is 16.9. The summed E-state index contributed by atoms with van der Waals surface area (Å²) in [5.41, 5.74) is 0.618. The Morgan fingerprint density at radius 2 is 2.00 bits per heavy atom. The van der Waals surface area contributed by atoms with E-state index in [9.17, 15) is 20.1 Å². The van der Waals surface area contributed by atoms with Crippen LogP contribution in [0.25, 0.3) is 0 Å². The van der Waals surface area contributed by atoms with Crippen molar-refractivity contribution in [1.82, 2.24) is 0 Å². The number of hydrogen-bond acceptors (Lipinski definition) is 7. The monoisotopic (exact) mass is 352 g/mol. The van der Waals surface area contributed by atoms with Crippen molar-refractivity contribution >= 4 is 5.78 Å². The van der Waals surface area contributed by atoms with Crippen LogP contribution in [-0.4, -0.2) is 64.8 Å². The van der Waals surface area contributed by atoms with E-state index in [1.54, 1.807) is 13.2 Å². The third-order valence-corrected chi connectivity index (χ3v) is 4.94. The second-order valence-corrected chi connectivity index (χ2v) is 7.03. The van der Waals surface area contributed by atoms with Crippen LogP contribution in [0.15, 0.2) is 12.1 Å². The van der Waals surface area contributed by atoms with E-state index < -0.39 is 30.0 Å². The molecule has 0 aliphatic carbocycles. The number of benzene rings is 1. The Bertz CT molecular complexity index is 674. The maximum Gasteiger partial charge on any atom is 0.163 e. The summed E-state index contributed by atoms with van der Waals surface area (Å²) >= 11 is 0. The van der Waals surface area contributed by atoms with Crippen LogP contribution in [-0.2, 0) is 11.2 Å². The van der Waals surface area contributed by atoms with Gasteiger partial charge in [0.25, 0.3) is 0 Å². The molecule has 0 radical (unpaired) electrons. The van der Waals surface area contributed by atoms with Gasteiger partial charge in [-0.25, -0.2) is 0 Å². The van der Waals surface area contributed by atoms with Crippen molar-refractivity contribution in [3.63, 3.8) is 0 Å². The maximum atomic E-state index is 11.9. The highest BCUT2D eigenvalue weighted by Crippen LogP contribution is 2.43. The van der Waals surface area contributed by atoms with Crippen LogP contribution < -0.4 is 9.47 Å². The number of aliphatic hydroxyl groups is 3. The molecule has 2 aliphatic heterocycles. The minimum Gasteiger partial charge on any atom is -0.497 e. The second-order valence-electron chi connectivity index (χ2n) is 7.03. The number of Topliss-reactive ketones (excluding diaryl/α,β-unsaturated/α-hetero) is 1. The Labute approximate surface area is 146 Å². The molecule has 3 rings (SSSR count). The van der Waals surface area contributed by atoms with Gasteiger partial charge in [-0.3, -0.25) is 4.79 Å². The molecule has 0 amide bonds. The molecule has 1 saturated heterocycles. The minimum atomic E-state index is -1.13. The van der Waals surface area contributed by atoms with Gasteiger partial charge in [0.2, 0.25) is 0 Å². The van der Waals surface area contributed by atoms with Crippen LogP contribution in [0.4, 0.5) is 0 Å². The number of rotatable bonds is 5. The lowest BCUT2D eigenvalue weighted by Gasteiger charge is -2.28. The predicted octanol–water partition coefficient (Wildman–Crippen LogP) is 0.463. The van der Waals surface area contributed by atoms with E-state index in [2.05, 4.69) is 0 Å². The molecule has 5 atom stereocenters. The number of methoxy groups -OCH3 is 1. The summed E-state index contributed by atoms with van der Waals surface area (Å²) in [6.45, 7) is 2.98. The van der Waals surface area contributed by atoms with Crippen LogP contribution in [0.3, 0.4) is 0 Å². The first-order valence-corrected chi connectivity index (χ1v) is 8.31. The van der Waals surface area contributed by atoms with Gasteiger partial charge in [0.1, 0.15) is 35.4 Å². The van der Waals surface area contributed by atoms with Crippen molar-refractivity contribution < 1.29 is 34.3 Å². The normalized spacial score (nSPS) is 33.8. The zero-order valence-corrected chi connectivity index (χ0v) is 14.6. The van der Waals surface area contributed by atoms with Gasteiger partial charge in [0, 0.05) is 18.4 Å². The van der Waals surface area contributed by atoms with Crippen molar-refractivity contribution in [3.8, 4) is 11.5 Å². The van der Waals surface area contributed by atoms with E-state index in [4.69, 9.17) is 14.2 Å². The fraction of sp³-hybridized carbons (Fsp3) is 0.611. The molecule has 7 nitrogen and oxygen atoms in total. The van der Waals surface area contributed by atoms with Gasteiger partial charge >= 0.3 is 0 Å². The van der Waals surface area contributed by atoms with Crippen LogP contribution in [0.2, 0.25) is 0 Å². The predicted molar refractivity (Wildman–Crippen MR) is 88.1 cm³/mol. The Kier molecular flexibility index (Phi) is 4.76. The second kappa shape index (κ2) is 6.57. The van der Waals surface area contributed by atoms with Crippen LogP contribution >= 0.6 is 0 Å². The fourth-order valence-electron chi connectivity index (χ4n) is 3.66. The van der Waals surface area contributed by atoms with E-state index in [-0.39, 0.29) is 12.4 Å². The number of carbonyl (C=O) groups excluding carboxylic acids is 1. The molecule has 25 heavy (non-hydrogen) atoms. The zero-order chi connectivity index (χ0) is 18.4. The first-order chi connectivity index (χ1) is 11.8. The molecular weight excluding hydrogens is 328 g/mol. The molecule has 2 heterocycles. The lowest BCUT2D eigenvalue weighted by atomic mass is 9.90. The smallest absolute Gasteiger partial charge is 0.163 e. The summed E-state index contributed by atoms with van der Waals surface area (Å²) in [5, 5.41) is 29.3. The number of ether oxygens (including phenoxy) is 3.